The van der Waals surface area contributed by atoms with Crippen molar-refractivity contribution in [2.45, 2.75) is 24.2 Å². The molecule has 7 heteroatoms. The molecule has 1 aliphatic rings. The van der Waals surface area contributed by atoms with Gasteiger partial charge in [0.2, 0.25) is 10.0 Å². The number of ether oxygens (including phenoxy) is 1. The zero-order chi connectivity index (χ0) is 18.6. The van der Waals surface area contributed by atoms with E-state index in [1.807, 2.05) is 0 Å². The van der Waals surface area contributed by atoms with E-state index in [4.69, 9.17) is 16.3 Å². The van der Waals surface area contributed by atoms with Gasteiger partial charge in [-0.1, -0.05) is 23.7 Å². The van der Waals surface area contributed by atoms with E-state index in [2.05, 4.69) is 4.72 Å². The molecule has 1 N–H and O–H groups in total. The molecule has 4 nitrogen and oxygen atoms in total. The predicted molar refractivity (Wildman–Crippen MR) is 100 cm³/mol. The molecule has 2 aromatic rings. The molecule has 1 saturated heterocycles. The summed E-state index contributed by atoms with van der Waals surface area (Å²) in [5.41, 5.74) is 1.38. The van der Waals surface area contributed by atoms with Crippen molar-refractivity contribution in [2.75, 3.05) is 19.8 Å². The summed E-state index contributed by atoms with van der Waals surface area (Å²) in [5, 5.41) is 0.286. The van der Waals surface area contributed by atoms with Crippen LogP contribution < -0.4 is 4.72 Å². The van der Waals surface area contributed by atoms with E-state index in [0.717, 1.165) is 31.4 Å². The van der Waals surface area contributed by atoms with Crippen LogP contribution in [-0.4, -0.2) is 28.2 Å². The van der Waals surface area contributed by atoms with Crippen molar-refractivity contribution in [2.24, 2.45) is 5.92 Å². The van der Waals surface area contributed by atoms with Crippen LogP contribution in [0.2, 0.25) is 5.02 Å². The second kappa shape index (κ2) is 8.48. The fourth-order valence-corrected chi connectivity index (χ4v) is 4.38. The third kappa shape index (κ3) is 4.82. The van der Waals surface area contributed by atoms with Gasteiger partial charge in [-0.05, 0) is 61.1 Å². The fourth-order valence-electron chi connectivity index (χ4n) is 3.05. The van der Waals surface area contributed by atoms with Crippen LogP contribution in [0.15, 0.2) is 47.4 Å². The largest absolute Gasteiger partial charge is 0.381 e. The first-order chi connectivity index (χ1) is 12.5. The van der Waals surface area contributed by atoms with Gasteiger partial charge in [0.05, 0.1) is 9.92 Å². The van der Waals surface area contributed by atoms with Crippen LogP contribution >= 0.6 is 11.6 Å². The van der Waals surface area contributed by atoms with Gasteiger partial charge in [-0.25, -0.2) is 17.5 Å². The normalized spacial score (nSPS) is 18.0. The molecule has 0 bridgehead atoms. The smallest absolute Gasteiger partial charge is 0.240 e. The summed E-state index contributed by atoms with van der Waals surface area (Å²) in [4.78, 5) is 0.194. The Balaban J connectivity index is 1.64. The Morgan fingerprint density at radius 3 is 2.62 bits per heavy atom. The van der Waals surface area contributed by atoms with E-state index in [9.17, 15) is 12.8 Å². The second-order valence-electron chi connectivity index (χ2n) is 6.42. The molecule has 1 atom stereocenters. The minimum Gasteiger partial charge on any atom is -0.381 e. The highest BCUT2D eigenvalue weighted by molar-refractivity contribution is 7.89. The highest BCUT2D eigenvalue weighted by Gasteiger charge is 2.17. The quantitative estimate of drug-likeness (QED) is 0.793. The number of sulfonamides is 1. The maximum atomic E-state index is 13.2. The number of benzene rings is 2. The van der Waals surface area contributed by atoms with E-state index < -0.39 is 15.8 Å². The molecule has 0 aliphatic carbocycles. The lowest BCUT2D eigenvalue weighted by molar-refractivity contribution is 0.0523. The molecule has 26 heavy (non-hydrogen) atoms. The van der Waals surface area contributed by atoms with Crippen LogP contribution in [0.25, 0.3) is 11.1 Å². The summed E-state index contributed by atoms with van der Waals surface area (Å²) >= 11 is 6.06. The maximum absolute atomic E-state index is 13.2. The lowest BCUT2D eigenvalue weighted by atomic mass is 9.99. The SMILES string of the molecule is O=S(=O)(NCCC1CCCOC1)c1ccc(-c2ccc(F)cc2Cl)cc1. The molecule has 0 aromatic heterocycles. The average molecular weight is 398 g/mol. The molecule has 1 aliphatic heterocycles. The first kappa shape index (κ1) is 19.3. The first-order valence-corrected chi connectivity index (χ1v) is 10.4. The van der Waals surface area contributed by atoms with Crippen LogP contribution in [0.5, 0.6) is 0 Å². The van der Waals surface area contributed by atoms with Crippen LogP contribution in [0.4, 0.5) is 4.39 Å². The summed E-state index contributed by atoms with van der Waals surface area (Å²) in [5.74, 6) is -0.0000391. The number of halogens is 2. The lowest BCUT2D eigenvalue weighted by Crippen LogP contribution is -2.28. The summed E-state index contributed by atoms with van der Waals surface area (Å²) < 4.78 is 46.0. The molecule has 1 heterocycles. The number of hydrogen-bond donors (Lipinski definition) is 1. The summed E-state index contributed by atoms with van der Waals surface area (Å²) in [6.45, 7) is 1.89. The Kier molecular flexibility index (Phi) is 6.29. The van der Waals surface area contributed by atoms with Crippen molar-refractivity contribution in [1.29, 1.82) is 0 Å². The molecule has 2 aromatic carbocycles. The second-order valence-corrected chi connectivity index (χ2v) is 8.59. The van der Waals surface area contributed by atoms with Gasteiger partial charge in [-0.2, -0.15) is 0 Å². The molecular weight excluding hydrogens is 377 g/mol. The Morgan fingerprint density at radius 2 is 1.96 bits per heavy atom. The summed E-state index contributed by atoms with van der Waals surface area (Å²) in [7, 11) is -3.56. The van der Waals surface area contributed by atoms with Crippen molar-refractivity contribution in [1.82, 2.24) is 4.72 Å². The Morgan fingerprint density at radius 1 is 1.19 bits per heavy atom. The minimum absolute atomic E-state index is 0.194. The van der Waals surface area contributed by atoms with Crippen molar-refractivity contribution < 1.29 is 17.5 Å². The van der Waals surface area contributed by atoms with Crippen molar-refractivity contribution in [3.63, 3.8) is 0 Å². The first-order valence-electron chi connectivity index (χ1n) is 8.58. The van der Waals surface area contributed by atoms with Gasteiger partial charge < -0.3 is 4.74 Å². The average Bonchev–Trinajstić information content (AvgIpc) is 2.63. The third-order valence-electron chi connectivity index (χ3n) is 4.51. The topological polar surface area (TPSA) is 55.4 Å². The van der Waals surface area contributed by atoms with E-state index in [1.165, 1.54) is 24.3 Å². The molecule has 1 fully saturated rings. The van der Waals surface area contributed by atoms with E-state index >= 15 is 0 Å². The van der Waals surface area contributed by atoms with Gasteiger partial charge in [0, 0.05) is 25.3 Å². The van der Waals surface area contributed by atoms with Crippen LogP contribution in [-0.2, 0) is 14.8 Å². The van der Waals surface area contributed by atoms with Crippen LogP contribution in [0.1, 0.15) is 19.3 Å². The highest BCUT2D eigenvalue weighted by Crippen LogP contribution is 2.29. The Labute approximate surface area is 158 Å². The Hall–Kier alpha value is -1.47. The number of rotatable bonds is 6. The van der Waals surface area contributed by atoms with Crippen molar-refractivity contribution in [3.8, 4) is 11.1 Å². The third-order valence-corrected chi connectivity index (χ3v) is 6.30. The van der Waals surface area contributed by atoms with Crippen LogP contribution in [0, 0.1) is 11.7 Å². The zero-order valence-corrected chi connectivity index (χ0v) is 15.8. The molecule has 3 rings (SSSR count). The van der Waals surface area contributed by atoms with Gasteiger partial charge in [0.15, 0.2) is 0 Å². The molecule has 140 valence electrons. The molecular formula is C19H21ClFNO3S. The molecule has 0 radical (unpaired) electrons. The monoisotopic (exact) mass is 397 g/mol. The van der Waals surface area contributed by atoms with Gasteiger partial charge in [-0.3, -0.25) is 0 Å². The Bertz CT molecular complexity index is 850. The predicted octanol–water partition coefficient (Wildman–Crippen LogP) is 4.24. The summed E-state index contributed by atoms with van der Waals surface area (Å²) in [6.07, 6.45) is 2.88. The summed E-state index contributed by atoms with van der Waals surface area (Å²) in [6, 6.07) is 10.5. The molecule has 0 saturated carbocycles. The maximum Gasteiger partial charge on any atom is 0.240 e. The number of hydrogen-bond acceptors (Lipinski definition) is 3. The molecule has 1 unspecified atom stereocenters. The number of nitrogens with one attached hydrogen (secondary N) is 1. The van der Waals surface area contributed by atoms with Crippen LogP contribution in [0.3, 0.4) is 0 Å². The van der Waals surface area contributed by atoms with Crippen molar-refractivity contribution >= 4 is 21.6 Å². The molecule has 0 amide bonds. The van der Waals surface area contributed by atoms with Crippen molar-refractivity contribution in [3.05, 3.63) is 53.3 Å². The van der Waals surface area contributed by atoms with E-state index in [-0.39, 0.29) is 9.92 Å². The minimum atomic E-state index is -3.56. The highest BCUT2D eigenvalue weighted by atomic mass is 35.5. The van der Waals surface area contributed by atoms with Gasteiger partial charge in [0.25, 0.3) is 0 Å². The standard InChI is InChI=1S/C19H21ClFNO3S/c20-19-12-16(21)5-8-18(19)15-3-6-17(7-4-15)26(23,24)22-10-9-14-2-1-11-25-13-14/h3-8,12,14,22H,1-2,9-11,13H2. The molecule has 0 spiro atoms. The van der Waals surface area contributed by atoms with E-state index in [0.29, 0.717) is 24.6 Å². The van der Waals surface area contributed by atoms with Gasteiger partial charge >= 0.3 is 0 Å². The lowest BCUT2D eigenvalue weighted by Gasteiger charge is -2.21. The van der Waals surface area contributed by atoms with Gasteiger partial charge in [-0.15, -0.1) is 0 Å². The van der Waals surface area contributed by atoms with E-state index in [1.54, 1.807) is 18.2 Å². The fraction of sp³-hybridized carbons (Fsp3) is 0.368. The van der Waals surface area contributed by atoms with Gasteiger partial charge in [0.1, 0.15) is 5.82 Å². The zero-order valence-electron chi connectivity index (χ0n) is 14.3.